The second-order valence-corrected chi connectivity index (χ2v) is 5.64. The first-order valence-corrected chi connectivity index (χ1v) is 7.08. The molecule has 0 spiro atoms. The number of piperazine rings is 1. The van der Waals surface area contributed by atoms with Crippen LogP contribution >= 0.6 is 11.6 Å². The molecule has 2 aliphatic rings. The van der Waals surface area contributed by atoms with Crippen molar-refractivity contribution in [1.29, 1.82) is 0 Å². The van der Waals surface area contributed by atoms with E-state index in [4.69, 9.17) is 16.3 Å². The Balaban J connectivity index is 1.65. The predicted octanol–water partition coefficient (Wildman–Crippen LogP) is 2.00. The van der Waals surface area contributed by atoms with E-state index >= 15 is 0 Å². The third-order valence-corrected chi connectivity index (χ3v) is 4.29. The van der Waals surface area contributed by atoms with Gasteiger partial charge in [0.15, 0.2) is 0 Å². The van der Waals surface area contributed by atoms with Crippen molar-refractivity contribution in [3.63, 3.8) is 0 Å². The lowest BCUT2D eigenvalue weighted by Gasteiger charge is -2.43. The van der Waals surface area contributed by atoms with Crippen molar-refractivity contribution >= 4 is 11.6 Å². The molecular formula is C14H18ClFN2O. The fraction of sp³-hybridized carbons (Fsp3) is 0.571. The van der Waals surface area contributed by atoms with E-state index in [9.17, 15) is 4.39 Å². The van der Waals surface area contributed by atoms with Crippen LogP contribution < -0.4 is 0 Å². The highest BCUT2D eigenvalue weighted by Gasteiger charge is 2.29. The Hall–Kier alpha value is -0.680. The highest BCUT2D eigenvalue weighted by molar-refractivity contribution is 6.31. The van der Waals surface area contributed by atoms with Gasteiger partial charge < -0.3 is 4.74 Å². The molecule has 2 heterocycles. The average Bonchev–Trinajstić information content (AvgIpc) is 2.43. The fourth-order valence-corrected chi connectivity index (χ4v) is 3.04. The van der Waals surface area contributed by atoms with Crippen LogP contribution in [-0.2, 0) is 11.3 Å². The van der Waals surface area contributed by atoms with Gasteiger partial charge in [-0.05, 0) is 23.8 Å². The lowest BCUT2D eigenvalue weighted by Crippen LogP contribution is -2.57. The summed E-state index contributed by atoms with van der Waals surface area (Å²) in [5, 5.41) is 0.642. The molecule has 0 N–H and O–H groups in total. The number of fused-ring (bicyclic) bond motifs is 1. The summed E-state index contributed by atoms with van der Waals surface area (Å²) >= 11 is 6.12. The summed E-state index contributed by atoms with van der Waals surface area (Å²) in [5.74, 6) is -0.223. The Labute approximate surface area is 117 Å². The molecule has 5 heteroatoms. The van der Waals surface area contributed by atoms with Gasteiger partial charge in [0.2, 0.25) is 0 Å². The minimum Gasteiger partial charge on any atom is -0.378 e. The SMILES string of the molecule is Fc1ccc(Cl)c(CN2CCN3CCOCC3C2)c1. The number of benzene rings is 1. The molecule has 1 aromatic rings. The van der Waals surface area contributed by atoms with Gasteiger partial charge in [0.1, 0.15) is 5.82 Å². The second kappa shape index (κ2) is 5.75. The molecule has 2 saturated heterocycles. The van der Waals surface area contributed by atoms with Crippen LogP contribution in [0.2, 0.25) is 5.02 Å². The lowest BCUT2D eigenvalue weighted by atomic mass is 10.1. The zero-order valence-electron chi connectivity index (χ0n) is 10.8. The predicted molar refractivity (Wildman–Crippen MR) is 72.9 cm³/mol. The molecule has 0 aliphatic carbocycles. The molecule has 1 unspecified atom stereocenters. The zero-order valence-corrected chi connectivity index (χ0v) is 11.6. The third-order valence-electron chi connectivity index (χ3n) is 3.92. The molecule has 1 atom stereocenters. The van der Waals surface area contributed by atoms with Crippen molar-refractivity contribution < 1.29 is 9.13 Å². The molecule has 0 radical (unpaired) electrons. The Kier molecular flexibility index (Phi) is 4.03. The smallest absolute Gasteiger partial charge is 0.123 e. The van der Waals surface area contributed by atoms with Gasteiger partial charge in [-0.3, -0.25) is 9.80 Å². The van der Waals surface area contributed by atoms with Gasteiger partial charge >= 0.3 is 0 Å². The molecule has 2 aliphatic heterocycles. The lowest BCUT2D eigenvalue weighted by molar-refractivity contribution is -0.0461. The quantitative estimate of drug-likeness (QED) is 0.826. The van der Waals surface area contributed by atoms with E-state index in [1.165, 1.54) is 12.1 Å². The molecule has 3 rings (SSSR count). The van der Waals surface area contributed by atoms with Crippen LogP contribution in [0, 0.1) is 5.82 Å². The van der Waals surface area contributed by atoms with Crippen LogP contribution in [-0.4, -0.2) is 55.2 Å². The van der Waals surface area contributed by atoms with E-state index in [1.54, 1.807) is 6.07 Å². The Morgan fingerprint density at radius 2 is 2.21 bits per heavy atom. The maximum atomic E-state index is 13.3. The summed E-state index contributed by atoms with van der Waals surface area (Å²) in [7, 11) is 0. The van der Waals surface area contributed by atoms with Gasteiger partial charge in [-0.15, -0.1) is 0 Å². The number of morpholine rings is 1. The normalized spacial score (nSPS) is 25.3. The van der Waals surface area contributed by atoms with Crippen LogP contribution in [0.5, 0.6) is 0 Å². The van der Waals surface area contributed by atoms with Gasteiger partial charge in [-0.2, -0.15) is 0 Å². The summed E-state index contributed by atoms with van der Waals surface area (Å²) in [6, 6.07) is 5.03. The van der Waals surface area contributed by atoms with E-state index in [2.05, 4.69) is 9.80 Å². The molecule has 104 valence electrons. The molecule has 0 bridgehead atoms. The largest absolute Gasteiger partial charge is 0.378 e. The Bertz CT molecular complexity index is 457. The van der Waals surface area contributed by atoms with Crippen molar-refractivity contribution in [3.05, 3.63) is 34.6 Å². The molecule has 0 amide bonds. The highest BCUT2D eigenvalue weighted by Crippen LogP contribution is 2.21. The first kappa shape index (κ1) is 13.3. The van der Waals surface area contributed by atoms with Gasteiger partial charge in [0.05, 0.1) is 13.2 Å². The van der Waals surface area contributed by atoms with Crippen molar-refractivity contribution in [2.75, 3.05) is 39.4 Å². The molecule has 2 fully saturated rings. The highest BCUT2D eigenvalue weighted by atomic mass is 35.5. The summed E-state index contributed by atoms with van der Waals surface area (Å²) in [4.78, 5) is 4.81. The first-order chi connectivity index (χ1) is 9.22. The van der Waals surface area contributed by atoms with Crippen LogP contribution in [0.25, 0.3) is 0 Å². The topological polar surface area (TPSA) is 15.7 Å². The average molecular weight is 285 g/mol. The molecular weight excluding hydrogens is 267 g/mol. The molecule has 1 aromatic carbocycles. The maximum absolute atomic E-state index is 13.3. The number of hydrogen-bond acceptors (Lipinski definition) is 3. The minimum atomic E-state index is -0.223. The molecule has 19 heavy (non-hydrogen) atoms. The van der Waals surface area contributed by atoms with Gasteiger partial charge in [0.25, 0.3) is 0 Å². The number of halogens is 2. The Morgan fingerprint density at radius 1 is 1.32 bits per heavy atom. The van der Waals surface area contributed by atoms with Gasteiger partial charge in [0, 0.05) is 43.8 Å². The van der Waals surface area contributed by atoms with E-state index in [0.29, 0.717) is 17.6 Å². The van der Waals surface area contributed by atoms with Gasteiger partial charge in [-0.1, -0.05) is 11.6 Å². The van der Waals surface area contributed by atoms with Crippen molar-refractivity contribution in [2.45, 2.75) is 12.6 Å². The molecule has 0 saturated carbocycles. The fourth-order valence-electron chi connectivity index (χ4n) is 2.86. The summed E-state index contributed by atoms with van der Waals surface area (Å²) in [6.07, 6.45) is 0. The number of rotatable bonds is 2. The molecule has 3 nitrogen and oxygen atoms in total. The second-order valence-electron chi connectivity index (χ2n) is 5.24. The summed E-state index contributed by atoms with van der Waals surface area (Å²) in [6.45, 7) is 6.40. The van der Waals surface area contributed by atoms with Crippen LogP contribution in [0.15, 0.2) is 18.2 Å². The van der Waals surface area contributed by atoms with Crippen LogP contribution in [0.1, 0.15) is 5.56 Å². The van der Waals surface area contributed by atoms with Crippen LogP contribution in [0.3, 0.4) is 0 Å². The van der Waals surface area contributed by atoms with E-state index in [1.807, 2.05) is 0 Å². The third kappa shape index (κ3) is 3.08. The van der Waals surface area contributed by atoms with Crippen molar-refractivity contribution in [3.8, 4) is 0 Å². The Morgan fingerprint density at radius 3 is 3.11 bits per heavy atom. The first-order valence-electron chi connectivity index (χ1n) is 6.70. The monoisotopic (exact) mass is 284 g/mol. The zero-order chi connectivity index (χ0) is 13.2. The number of hydrogen-bond donors (Lipinski definition) is 0. The summed E-state index contributed by atoms with van der Waals surface area (Å²) < 4.78 is 18.8. The van der Waals surface area contributed by atoms with E-state index in [0.717, 1.165) is 45.0 Å². The van der Waals surface area contributed by atoms with E-state index in [-0.39, 0.29) is 5.82 Å². The van der Waals surface area contributed by atoms with Crippen molar-refractivity contribution in [2.24, 2.45) is 0 Å². The standard InChI is InChI=1S/C14H18ClFN2O/c15-14-2-1-12(16)7-11(14)8-17-3-4-18-5-6-19-10-13(18)9-17/h1-2,7,13H,3-6,8-10H2. The maximum Gasteiger partial charge on any atom is 0.123 e. The summed E-state index contributed by atoms with van der Waals surface area (Å²) in [5.41, 5.74) is 0.867. The van der Waals surface area contributed by atoms with Crippen LogP contribution in [0.4, 0.5) is 4.39 Å². The number of ether oxygens (including phenoxy) is 1. The van der Waals surface area contributed by atoms with Crippen molar-refractivity contribution in [1.82, 2.24) is 9.80 Å². The van der Waals surface area contributed by atoms with Gasteiger partial charge in [-0.25, -0.2) is 4.39 Å². The molecule has 0 aromatic heterocycles. The number of nitrogens with zero attached hydrogens (tertiary/aromatic N) is 2. The minimum absolute atomic E-state index is 0.223. The van der Waals surface area contributed by atoms with E-state index < -0.39 is 0 Å².